The van der Waals surface area contributed by atoms with Crippen LogP contribution >= 0.6 is 11.3 Å². The molecule has 2 rings (SSSR count). The summed E-state index contributed by atoms with van der Waals surface area (Å²) in [5.74, 6) is 0.238. The van der Waals surface area contributed by atoms with Gasteiger partial charge in [0, 0.05) is 18.3 Å². The number of nitrogens with one attached hydrogen (secondary N) is 1. The Hall–Kier alpha value is -1.76. The lowest BCUT2D eigenvalue weighted by atomic mass is 10.2. The van der Waals surface area contributed by atoms with Crippen molar-refractivity contribution in [2.45, 2.75) is 20.2 Å². The smallest absolute Gasteiger partial charge is 0.405 e. The molecular formula is C14H15F3N2OS. The number of thiazole rings is 1. The van der Waals surface area contributed by atoms with E-state index in [4.69, 9.17) is 0 Å². The van der Waals surface area contributed by atoms with Crippen molar-refractivity contribution in [3.8, 4) is 16.2 Å². The van der Waals surface area contributed by atoms with Crippen LogP contribution in [0.3, 0.4) is 0 Å². The van der Waals surface area contributed by atoms with Gasteiger partial charge in [0.25, 0.3) is 0 Å². The molecule has 1 aromatic carbocycles. The minimum absolute atomic E-state index is 0.218. The fourth-order valence-electron chi connectivity index (χ4n) is 1.66. The molecule has 0 aliphatic heterocycles. The Kier molecular flexibility index (Phi) is 4.72. The SMILES string of the molecule is CC(C)CNc1ncc(-c2ccccc2OC(F)(F)F)s1. The van der Waals surface area contributed by atoms with Crippen molar-refractivity contribution in [2.75, 3.05) is 11.9 Å². The van der Waals surface area contributed by atoms with Gasteiger partial charge in [-0.05, 0) is 18.1 Å². The number of ether oxygens (including phenoxy) is 1. The molecule has 3 nitrogen and oxygen atoms in total. The van der Waals surface area contributed by atoms with Gasteiger partial charge in [-0.15, -0.1) is 13.2 Å². The molecule has 0 fully saturated rings. The van der Waals surface area contributed by atoms with E-state index in [1.165, 1.54) is 23.5 Å². The van der Waals surface area contributed by atoms with Crippen LogP contribution in [-0.4, -0.2) is 17.9 Å². The van der Waals surface area contributed by atoms with Crippen molar-refractivity contribution in [3.05, 3.63) is 30.5 Å². The van der Waals surface area contributed by atoms with Crippen LogP contribution in [0, 0.1) is 5.92 Å². The summed E-state index contributed by atoms with van der Waals surface area (Å²) in [6.45, 7) is 4.88. The predicted molar refractivity (Wildman–Crippen MR) is 77.6 cm³/mol. The zero-order chi connectivity index (χ0) is 15.5. The van der Waals surface area contributed by atoms with E-state index in [1.54, 1.807) is 18.3 Å². The fraction of sp³-hybridized carbons (Fsp3) is 0.357. The van der Waals surface area contributed by atoms with Gasteiger partial charge in [-0.3, -0.25) is 0 Å². The normalized spacial score (nSPS) is 11.7. The third-order valence-corrected chi connectivity index (χ3v) is 3.53. The minimum Gasteiger partial charge on any atom is -0.405 e. The predicted octanol–water partition coefficient (Wildman–Crippen LogP) is 4.78. The maximum Gasteiger partial charge on any atom is 0.573 e. The summed E-state index contributed by atoms with van der Waals surface area (Å²) in [5.41, 5.74) is 0.380. The molecule has 0 bridgehead atoms. The summed E-state index contributed by atoms with van der Waals surface area (Å²) in [6, 6.07) is 6.05. The number of alkyl halides is 3. The standard InChI is InChI=1S/C14H15F3N2OS/c1-9(2)7-18-13-19-8-12(21-13)10-5-3-4-6-11(10)20-14(15,16)17/h3-6,8-9H,7H2,1-2H3,(H,18,19). The van der Waals surface area contributed by atoms with E-state index in [0.29, 0.717) is 21.5 Å². The first-order valence-corrected chi connectivity index (χ1v) is 7.21. The fourth-order valence-corrected chi connectivity index (χ4v) is 2.51. The summed E-state index contributed by atoms with van der Waals surface area (Å²) in [5, 5.41) is 3.83. The van der Waals surface area contributed by atoms with Crippen LogP contribution in [0.2, 0.25) is 0 Å². The van der Waals surface area contributed by atoms with E-state index >= 15 is 0 Å². The first kappa shape index (κ1) is 15.6. The highest BCUT2D eigenvalue weighted by Gasteiger charge is 2.32. The highest BCUT2D eigenvalue weighted by Crippen LogP contribution is 2.37. The molecule has 0 atom stereocenters. The Balaban J connectivity index is 2.22. The maximum absolute atomic E-state index is 12.4. The van der Waals surface area contributed by atoms with E-state index in [0.717, 1.165) is 6.54 Å². The average Bonchev–Trinajstić information content (AvgIpc) is 2.83. The van der Waals surface area contributed by atoms with Gasteiger partial charge in [0.05, 0.1) is 4.88 Å². The van der Waals surface area contributed by atoms with Crippen LogP contribution in [0.1, 0.15) is 13.8 Å². The Morgan fingerprint density at radius 1 is 1.29 bits per heavy atom. The summed E-state index contributed by atoms with van der Waals surface area (Å²) in [4.78, 5) is 4.80. The molecule has 0 amide bonds. The molecule has 0 aliphatic carbocycles. The number of aromatic nitrogens is 1. The van der Waals surface area contributed by atoms with Gasteiger partial charge in [0.2, 0.25) is 0 Å². The van der Waals surface area contributed by atoms with Crippen molar-refractivity contribution in [3.63, 3.8) is 0 Å². The lowest BCUT2D eigenvalue weighted by molar-refractivity contribution is -0.274. The highest BCUT2D eigenvalue weighted by atomic mass is 32.1. The Morgan fingerprint density at radius 2 is 2.00 bits per heavy atom. The Labute approximate surface area is 124 Å². The molecule has 0 radical (unpaired) electrons. The molecule has 21 heavy (non-hydrogen) atoms. The lowest BCUT2D eigenvalue weighted by Crippen LogP contribution is -2.17. The first-order valence-electron chi connectivity index (χ1n) is 6.40. The van der Waals surface area contributed by atoms with Crippen LogP contribution in [0.5, 0.6) is 5.75 Å². The number of anilines is 1. The lowest BCUT2D eigenvalue weighted by Gasteiger charge is -2.11. The quantitative estimate of drug-likeness (QED) is 0.862. The van der Waals surface area contributed by atoms with Gasteiger partial charge < -0.3 is 10.1 Å². The van der Waals surface area contributed by atoms with E-state index < -0.39 is 6.36 Å². The van der Waals surface area contributed by atoms with Gasteiger partial charge in [-0.2, -0.15) is 0 Å². The number of hydrogen-bond donors (Lipinski definition) is 1. The van der Waals surface area contributed by atoms with Gasteiger partial charge in [0.1, 0.15) is 5.75 Å². The molecule has 1 aromatic heterocycles. The van der Waals surface area contributed by atoms with Crippen molar-refractivity contribution in [1.29, 1.82) is 0 Å². The molecule has 114 valence electrons. The molecule has 0 unspecified atom stereocenters. The van der Waals surface area contributed by atoms with Crippen molar-refractivity contribution in [1.82, 2.24) is 4.98 Å². The molecule has 0 saturated heterocycles. The largest absolute Gasteiger partial charge is 0.573 e. The van der Waals surface area contributed by atoms with E-state index in [9.17, 15) is 13.2 Å². The molecule has 7 heteroatoms. The van der Waals surface area contributed by atoms with E-state index in [1.807, 2.05) is 0 Å². The van der Waals surface area contributed by atoms with Crippen molar-refractivity contribution in [2.24, 2.45) is 5.92 Å². The second-order valence-electron chi connectivity index (χ2n) is 4.85. The van der Waals surface area contributed by atoms with Crippen molar-refractivity contribution >= 4 is 16.5 Å². The van der Waals surface area contributed by atoms with Gasteiger partial charge in [0.15, 0.2) is 5.13 Å². The topological polar surface area (TPSA) is 34.2 Å². The zero-order valence-corrected chi connectivity index (χ0v) is 12.4. The Morgan fingerprint density at radius 3 is 2.67 bits per heavy atom. The summed E-state index contributed by atoms with van der Waals surface area (Å²) in [6.07, 6.45) is -3.16. The van der Waals surface area contributed by atoms with Gasteiger partial charge in [-0.1, -0.05) is 37.3 Å². The third kappa shape index (κ3) is 4.63. The number of para-hydroxylation sites is 1. The Bertz CT molecular complexity index is 596. The second-order valence-corrected chi connectivity index (χ2v) is 5.88. The van der Waals surface area contributed by atoms with Crippen molar-refractivity contribution < 1.29 is 17.9 Å². The molecule has 0 aliphatic rings. The highest BCUT2D eigenvalue weighted by molar-refractivity contribution is 7.18. The molecule has 0 saturated carbocycles. The van der Waals surface area contributed by atoms with Gasteiger partial charge >= 0.3 is 6.36 Å². The molecular weight excluding hydrogens is 301 g/mol. The first-order chi connectivity index (χ1) is 9.85. The molecule has 1 heterocycles. The summed E-state index contributed by atoms with van der Waals surface area (Å²) < 4.78 is 41.3. The van der Waals surface area contributed by atoms with Crippen LogP contribution in [0.25, 0.3) is 10.4 Å². The maximum atomic E-state index is 12.4. The number of hydrogen-bond acceptors (Lipinski definition) is 4. The van der Waals surface area contributed by atoms with Crippen LogP contribution < -0.4 is 10.1 Å². The molecule has 0 spiro atoms. The van der Waals surface area contributed by atoms with Crippen LogP contribution in [0.15, 0.2) is 30.5 Å². The summed E-state index contributed by atoms with van der Waals surface area (Å²) >= 11 is 1.30. The minimum atomic E-state index is -4.71. The third-order valence-electron chi connectivity index (χ3n) is 2.55. The molecule has 2 aromatic rings. The molecule has 1 N–H and O–H groups in total. The van der Waals surface area contributed by atoms with Crippen LogP contribution in [0.4, 0.5) is 18.3 Å². The average molecular weight is 316 g/mol. The van der Waals surface area contributed by atoms with Crippen LogP contribution in [-0.2, 0) is 0 Å². The van der Waals surface area contributed by atoms with E-state index in [-0.39, 0.29) is 5.75 Å². The number of benzene rings is 1. The second kappa shape index (κ2) is 6.34. The summed E-state index contributed by atoms with van der Waals surface area (Å²) in [7, 11) is 0. The number of halogens is 3. The number of rotatable bonds is 5. The van der Waals surface area contributed by atoms with E-state index in [2.05, 4.69) is 28.9 Å². The zero-order valence-electron chi connectivity index (χ0n) is 11.6. The monoisotopic (exact) mass is 316 g/mol. The van der Waals surface area contributed by atoms with Gasteiger partial charge in [-0.25, -0.2) is 4.98 Å². The number of nitrogens with zero attached hydrogens (tertiary/aromatic N) is 1.